The highest BCUT2D eigenvalue weighted by molar-refractivity contribution is 7.99. The van der Waals surface area contributed by atoms with Crippen LogP contribution in [-0.4, -0.2) is 103 Å². The average Bonchev–Trinajstić information content (AvgIpc) is 4.02. The van der Waals surface area contributed by atoms with Crippen molar-refractivity contribution in [3.8, 4) is 5.75 Å². The van der Waals surface area contributed by atoms with Crippen LogP contribution in [0.4, 0.5) is 11.9 Å². The zero-order valence-corrected chi connectivity index (χ0v) is 35.7. The topological polar surface area (TPSA) is 231 Å². The minimum Gasteiger partial charge on any atom is -0.494 e. The van der Waals surface area contributed by atoms with Gasteiger partial charge in [0.15, 0.2) is 11.8 Å². The number of carbonyl (C=O) groups excluding carboxylic acids is 3. The van der Waals surface area contributed by atoms with E-state index in [9.17, 15) is 19.5 Å². The van der Waals surface area contributed by atoms with Gasteiger partial charge in [0.1, 0.15) is 11.3 Å². The van der Waals surface area contributed by atoms with Crippen LogP contribution in [0.5, 0.6) is 5.75 Å². The van der Waals surface area contributed by atoms with Crippen LogP contribution in [0.2, 0.25) is 0 Å². The summed E-state index contributed by atoms with van der Waals surface area (Å²) in [6, 6.07) is 6.85. The van der Waals surface area contributed by atoms with E-state index in [-0.39, 0.29) is 43.1 Å². The number of benzene rings is 2. The molecule has 1 saturated heterocycles. The van der Waals surface area contributed by atoms with Gasteiger partial charge < -0.3 is 38.3 Å². The number of aromatic nitrogens is 6. The molecule has 18 nitrogen and oxygen atoms in total. The summed E-state index contributed by atoms with van der Waals surface area (Å²) in [6.07, 6.45) is 5.68. The Morgan fingerprint density at radius 1 is 0.852 bits per heavy atom. The lowest BCUT2D eigenvalue weighted by atomic mass is 10.2. The van der Waals surface area contributed by atoms with Gasteiger partial charge in [-0.15, -0.1) is 11.8 Å². The third kappa shape index (κ3) is 9.49. The predicted molar refractivity (Wildman–Crippen MR) is 229 cm³/mol. The SMILES string of the molecule is CCc1nc(C)oc1C(=O)Nc1nc2cc(CO)cc(OC)c2n1C/C=C/Cn1c(NC(=O)c2oc(C)nc2CC)nc2cc(C(N)=O)cc(SCCCN3CCOCC3)c21. The number of morpholine rings is 1. The van der Waals surface area contributed by atoms with E-state index in [0.29, 0.717) is 75.0 Å². The van der Waals surface area contributed by atoms with Crippen LogP contribution in [0.25, 0.3) is 22.1 Å². The van der Waals surface area contributed by atoms with Gasteiger partial charge in [-0.2, -0.15) is 0 Å². The Labute approximate surface area is 355 Å². The van der Waals surface area contributed by atoms with Gasteiger partial charge >= 0.3 is 0 Å². The number of hydrogen-bond acceptors (Lipinski definition) is 14. The van der Waals surface area contributed by atoms with Crippen LogP contribution in [0, 0.1) is 13.8 Å². The van der Waals surface area contributed by atoms with Crippen LogP contribution < -0.4 is 21.1 Å². The van der Waals surface area contributed by atoms with Gasteiger partial charge in [0.25, 0.3) is 11.8 Å². The third-order valence-corrected chi connectivity index (χ3v) is 11.3. The number of nitrogens with one attached hydrogen (secondary N) is 2. The van der Waals surface area contributed by atoms with E-state index in [2.05, 4.69) is 25.5 Å². The Balaban J connectivity index is 1.24. The van der Waals surface area contributed by atoms with E-state index < -0.39 is 17.7 Å². The van der Waals surface area contributed by atoms with E-state index in [4.69, 9.17) is 34.0 Å². The monoisotopic (exact) mass is 854 g/mol. The number of nitrogens with two attached hydrogens (primary N) is 1. The first-order chi connectivity index (χ1) is 29.5. The number of nitrogens with zero attached hydrogens (tertiary/aromatic N) is 7. The second kappa shape index (κ2) is 19.1. The standard InChI is InChI=1S/C42H50N10O8S/c1-6-28-36(59-24(3)44-28)39(55)48-41-46-30-19-26(23-53)20-32(57-5)34(30)51(41)12-8-9-13-52-35-31(47-42(52)49-40(56)37-29(7-2)45-25(4)60-37)21-27(38(43)54)22-33(35)61-18-10-11-50-14-16-58-17-15-50/h8-9,19-22,53H,6-7,10-18,23H2,1-5H3,(H2,43,54)(H,46,48,55)(H,47,49,56)/b9-8+. The van der Waals surface area contributed by atoms with Gasteiger partial charge in [0, 0.05) is 50.5 Å². The fraction of sp³-hybridized carbons (Fsp3) is 0.405. The van der Waals surface area contributed by atoms with Gasteiger partial charge in [-0.3, -0.25) is 29.9 Å². The van der Waals surface area contributed by atoms with Crippen molar-refractivity contribution in [2.75, 3.05) is 56.3 Å². The van der Waals surface area contributed by atoms with E-state index in [0.717, 1.165) is 49.9 Å². The highest BCUT2D eigenvalue weighted by Crippen LogP contribution is 2.34. The van der Waals surface area contributed by atoms with Crippen LogP contribution in [0.3, 0.4) is 0 Å². The van der Waals surface area contributed by atoms with Crippen LogP contribution >= 0.6 is 11.8 Å². The zero-order chi connectivity index (χ0) is 43.2. The van der Waals surface area contributed by atoms with E-state index >= 15 is 0 Å². The first-order valence-electron chi connectivity index (χ1n) is 20.2. The smallest absolute Gasteiger partial charge is 0.295 e. The number of aliphatic hydroxyl groups is 1. The lowest BCUT2D eigenvalue weighted by molar-refractivity contribution is 0.0381. The maximum Gasteiger partial charge on any atom is 0.295 e. The summed E-state index contributed by atoms with van der Waals surface area (Å²) < 4.78 is 26.3. The minimum absolute atomic E-state index is 0.0936. The van der Waals surface area contributed by atoms with E-state index in [1.54, 1.807) is 54.4 Å². The fourth-order valence-corrected chi connectivity index (χ4v) is 8.36. The number of thioether (sulfide) groups is 1. The van der Waals surface area contributed by atoms with Gasteiger partial charge in [0.05, 0.1) is 54.9 Å². The molecule has 61 heavy (non-hydrogen) atoms. The summed E-state index contributed by atoms with van der Waals surface area (Å²) in [4.78, 5) is 61.3. The molecule has 0 atom stereocenters. The molecular formula is C42H50N10O8S. The highest BCUT2D eigenvalue weighted by Gasteiger charge is 2.25. The molecule has 1 aliphatic heterocycles. The molecule has 2 aromatic carbocycles. The third-order valence-electron chi connectivity index (χ3n) is 10.2. The number of aliphatic hydroxyl groups excluding tert-OH is 1. The number of carbonyl (C=O) groups is 3. The van der Waals surface area contributed by atoms with Crippen molar-refractivity contribution < 1.29 is 37.8 Å². The predicted octanol–water partition coefficient (Wildman–Crippen LogP) is 5.28. The molecule has 0 unspecified atom stereocenters. The molecule has 6 aromatic rings. The van der Waals surface area contributed by atoms with E-state index in [1.807, 2.05) is 30.6 Å². The van der Waals surface area contributed by atoms with Gasteiger partial charge in [-0.1, -0.05) is 26.0 Å². The second-order valence-corrected chi connectivity index (χ2v) is 15.5. The van der Waals surface area contributed by atoms with Gasteiger partial charge in [-0.25, -0.2) is 19.9 Å². The molecule has 1 aliphatic rings. The molecule has 0 spiro atoms. The van der Waals surface area contributed by atoms with Crippen LogP contribution in [0.1, 0.15) is 80.5 Å². The number of amides is 3. The number of aryl methyl sites for hydroxylation is 4. The molecule has 0 radical (unpaired) electrons. The molecule has 5 heterocycles. The zero-order valence-electron chi connectivity index (χ0n) is 34.9. The van der Waals surface area contributed by atoms with Crippen LogP contribution in [-0.2, 0) is 37.3 Å². The molecule has 322 valence electrons. The molecular weight excluding hydrogens is 805 g/mol. The first kappa shape index (κ1) is 43.1. The van der Waals surface area contributed by atoms with Gasteiger partial charge in [0.2, 0.25) is 29.3 Å². The Kier molecular flexibility index (Phi) is 13.5. The Morgan fingerprint density at radius 3 is 1.97 bits per heavy atom. The largest absolute Gasteiger partial charge is 0.494 e. The maximum atomic E-state index is 13.8. The number of imidazole rings is 2. The summed E-state index contributed by atoms with van der Waals surface area (Å²) in [5.41, 5.74) is 10.0. The Hall–Kier alpha value is -6.02. The second-order valence-electron chi connectivity index (χ2n) is 14.4. The molecule has 7 rings (SSSR count). The molecule has 5 N–H and O–H groups in total. The summed E-state index contributed by atoms with van der Waals surface area (Å²) in [5.74, 6) is 0.968. The van der Waals surface area contributed by atoms with Crippen molar-refractivity contribution in [3.05, 3.63) is 82.2 Å². The minimum atomic E-state index is -0.594. The van der Waals surface area contributed by atoms with Crippen molar-refractivity contribution in [1.82, 2.24) is 34.0 Å². The average molecular weight is 855 g/mol. The first-order valence-corrected chi connectivity index (χ1v) is 21.2. The molecule has 0 saturated carbocycles. The van der Waals surface area contributed by atoms with Crippen molar-refractivity contribution in [1.29, 1.82) is 0 Å². The van der Waals surface area contributed by atoms with Crippen molar-refractivity contribution in [2.24, 2.45) is 5.73 Å². The quantitative estimate of drug-likeness (QED) is 0.0490. The summed E-state index contributed by atoms with van der Waals surface area (Å²) in [5, 5.41) is 15.8. The molecule has 19 heteroatoms. The number of fused-ring (bicyclic) bond motifs is 2. The van der Waals surface area contributed by atoms with Crippen molar-refractivity contribution in [2.45, 2.75) is 71.5 Å². The van der Waals surface area contributed by atoms with E-state index in [1.165, 1.54) is 7.11 Å². The fourth-order valence-electron chi connectivity index (χ4n) is 7.31. The number of anilines is 2. The number of allylic oxidation sites excluding steroid dienone is 2. The number of rotatable bonds is 18. The number of oxazole rings is 2. The molecule has 3 amide bonds. The molecule has 1 fully saturated rings. The summed E-state index contributed by atoms with van der Waals surface area (Å²) in [6.45, 7) is 11.5. The number of ether oxygens (including phenoxy) is 2. The summed E-state index contributed by atoms with van der Waals surface area (Å²) >= 11 is 1.59. The van der Waals surface area contributed by atoms with Gasteiger partial charge in [-0.05, 0) is 61.4 Å². The molecule has 4 aromatic heterocycles. The molecule has 0 aliphatic carbocycles. The van der Waals surface area contributed by atoms with Crippen LogP contribution in [0.15, 0.2) is 50.1 Å². The lowest BCUT2D eigenvalue weighted by Crippen LogP contribution is -2.36. The number of methoxy groups -OCH3 is 1. The Bertz CT molecular complexity index is 2600. The maximum absolute atomic E-state index is 13.8. The number of primary amides is 1. The van der Waals surface area contributed by atoms with Crippen molar-refractivity contribution in [3.63, 3.8) is 0 Å². The van der Waals surface area contributed by atoms with Crippen molar-refractivity contribution >= 4 is 63.4 Å². The Morgan fingerprint density at radius 2 is 1.43 bits per heavy atom. The highest BCUT2D eigenvalue weighted by atomic mass is 32.2. The number of hydrogen-bond donors (Lipinski definition) is 4. The summed E-state index contributed by atoms with van der Waals surface area (Å²) in [7, 11) is 1.53. The lowest BCUT2D eigenvalue weighted by Gasteiger charge is -2.26. The normalized spacial score (nSPS) is 13.5. The molecule has 0 bridgehead atoms.